The smallest absolute Gasteiger partial charge is 0.306 e. The zero-order valence-corrected chi connectivity index (χ0v) is 27.6. The Morgan fingerprint density at radius 3 is 1.31 bits per heavy atom. The fraction of sp³-hybridized carbons (Fsp3) is 0.857. The van der Waals surface area contributed by atoms with E-state index in [1.165, 1.54) is 83.5 Å². The van der Waals surface area contributed by atoms with Crippen LogP contribution < -0.4 is 5.11 Å². The second-order valence-corrected chi connectivity index (χ2v) is 12.9. The van der Waals surface area contributed by atoms with E-state index < -0.39 is 35.7 Å². The number of rotatable bonds is 30. The fourth-order valence-corrected chi connectivity index (χ4v) is 5.49. The van der Waals surface area contributed by atoms with Gasteiger partial charge >= 0.3 is 11.9 Å². The standard InChI is InChI=1S/C35H65NO6/c1-5-6-7-8-9-10-11-12-13-14-15-16-17-18-19-20-21-22-26-36(27-23-30(2)33(37)38,28-24-31(3)34(39)40)29-25-32(4)35(41)42/h11-12,30-32H,5-10,13-29H2,1-4H3,(H2-,37,38,39,40,41,42)/b12-11+. The molecular formula is C35H65NO6. The molecule has 2 N–H and O–H groups in total. The van der Waals surface area contributed by atoms with Crippen molar-refractivity contribution >= 4 is 17.9 Å². The molecule has 3 atom stereocenters. The Morgan fingerprint density at radius 1 is 0.571 bits per heavy atom. The largest absolute Gasteiger partial charge is 0.550 e. The summed E-state index contributed by atoms with van der Waals surface area (Å²) in [4.78, 5) is 34.4. The second kappa shape index (κ2) is 25.6. The van der Waals surface area contributed by atoms with Crippen molar-refractivity contribution in [2.75, 3.05) is 26.2 Å². The number of quaternary nitrogens is 1. The highest BCUT2D eigenvalue weighted by Gasteiger charge is 2.30. The summed E-state index contributed by atoms with van der Waals surface area (Å²) in [6.45, 7) is 9.97. The summed E-state index contributed by atoms with van der Waals surface area (Å²) in [5.41, 5.74) is 0. The first-order chi connectivity index (χ1) is 20.0. The van der Waals surface area contributed by atoms with E-state index in [0.29, 0.717) is 43.4 Å². The van der Waals surface area contributed by atoms with Gasteiger partial charge in [-0.25, -0.2) is 0 Å². The SMILES string of the molecule is CCCCCCC/C=C/CCCCCCCCCCC[N+](CCC(C)C(=O)[O-])(CCC(C)C(=O)O)CCC(C)C(=O)O. The third kappa shape index (κ3) is 21.8. The van der Waals surface area contributed by atoms with Crippen LogP contribution in [-0.4, -0.2) is 58.8 Å². The van der Waals surface area contributed by atoms with Crippen molar-refractivity contribution in [1.29, 1.82) is 0 Å². The van der Waals surface area contributed by atoms with Crippen molar-refractivity contribution < 1.29 is 34.2 Å². The van der Waals surface area contributed by atoms with E-state index in [4.69, 9.17) is 0 Å². The van der Waals surface area contributed by atoms with Crippen LogP contribution in [0.3, 0.4) is 0 Å². The summed E-state index contributed by atoms with van der Waals surface area (Å²) in [6.07, 6.45) is 26.2. The van der Waals surface area contributed by atoms with Gasteiger partial charge in [0, 0.05) is 31.1 Å². The highest BCUT2D eigenvalue weighted by Crippen LogP contribution is 2.22. The lowest BCUT2D eigenvalue weighted by Crippen LogP contribution is -2.52. The summed E-state index contributed by atoms with van der Waals surface area (Å²) in [7, 11) is 0. The van der Waals surface area contributed by atoms with E-state index in [1.807, 2.05) is 0 Å². The molecule has 0 saturated heterocycles. The van der Waals surface area contributed by atoms with Gasteiger partial charge in [0.1, 0.15) is 0 Å². The highest BCUT2D eigenvalue weighted by molar-refractivity contribution is 5.69. The third-order valence-electron chi connectivity index (χ3n) is 9.00. The molecule has 0 aliphatic rings. The number of hydrogen-bond acceptors (Lipinski definition) is 4. The number of allylic oxidation sites excluding steroid dienone is 2. The van der Waals surface area contributed by atoms with Crippen LogP contribution in [0.5, 0.6) is 0 Å². The zero-order chi connectivity index (χ0) is 31.6. The molecular weight excluding hydrogens is 530 g/mol. The lowest BCUT2D eigenvalue weighted by molar-refractivity contribution is -0.929. The van der Waals surface area contributed by atoms with Crippen LogP contribution in [0.2, 0.25) is 0 Å². The van der Waals surface area contributed by atoms with E-state index in [9.17, 15) is 29.7 Å². The van der Waals surface area contributed by atoms with Crippen LogP contribution >= 0.6 is 0 Å². The third-order valence-corrected chi connectivity index (χ3v) is 9.00. The Hall–Kier alpha value is -1.89. The van der Waals surface area contributed by atoms with Crippen LogP contribution in [-0.2, 0) is 14.4 Å². The van der Waals surface area contributed by atoms with Crippen LogP contribution in [0.1, 0.15) is 150 Å². The Labute approximate surface area is 257 Å². The summed E-state index contributed by atoms with van der Waals surface area (Å²) in [5, 5.41) is 30.2. The van der Waals surface area contributed by atoms with Crippen molar-refractivity contribution in [1.82, 2.24) is 0 Å². The second-order valence-electron chi connectivity index (χ2n) is 12.9. The van der Waals surface area contributed by atoms with Gasteiger partial charge in [-0.3, -0.25) is 9.59 Å². The molecule has 0 heterocycles. The number of carbonyl (C=O) groups excluding carboxylic acids is 1. The molecule has 0 amide bonds. The van der Waals surface area contributed by atoms with Gasteiger partial charge in [-0.05, 0) is 38.5 Å². The highest BCUT2D eigenvalue weighted by atomic mass is 16.4. The predicted molar refractivity (Wildman–Crippen MR) is 170 cm³/mol. The molecule has 0 fully saturated rings. The fourth-order valence-electron chi connectivity index (χ4n) is 5.49. The monoisotopic (exact) mass is 595 g/mol. The zero-order valence-electron chi connectivity index (χ0n) is 27.6. The van der Waals surface area contributed by atoms with Gasteiger partial charge < -0.3 is 24.6 Å². The van der Waals surface area contributed by atoms with Gasteiger partial charge in [0.2, 0.25) is 0 Å². The molecule has 0 aliphatic heterocycles. The van der Waals surface area contributed by atoms with Gasteiger partial charge in [0.15, 0.2) is 0 Å². The number of carboxylic acids is 3. The molecule has 246 valence electrons. The van der Waals surface area contributed by atoms with Gasteiger partial charge in [-0.2, -0.15) is 0 Å². The molecule has 0 bridgehead atoms. The summed E-state index contributed by atoms with van der Waals surface area (Å²) >= 11 is 0. The number of hydrogen-bond donors (Lipinski definition) is 2. The van der Waals surface area contributed by atoms with Crippen molar-refractivity contribution in [3.8, 4) is 0 Å². The van der Waals surface area contributed by atoms with Crippen molar-refractivity contribution in [2.45, 2.75) is 150 Å². The predicted octanol–water partition coefficient (Wildman–Crippen LogP) is 7.62. The molecule has 0 rings (SSSR count). The van der Waals surface area contributed by atoms with Crippen LogP contribution in [0.4, 0.5) is 0 Å². The summed E-state index contributed by atoms with van der Waals surface area (Å²) in [6, 6.07) is 0. The normalized spacial score (nSPS) is 15.3. The summed E-state index contributed by atoms with van der Waals surface area (Å²) in [5.74, 6) is -4.31. The average Bonchev–Trinajstić information content (AvgIpc) is 2.96. The summed E-state index contributed by atoms with van der Waals surface area (Å²) < 4.78 is 0.583. The lowest BCUT2D eigenvalue weighted by atomic mass is 10.0. The van der Waals surface area contributed by atoms with Gasteiger partial charge in [0.05, 0.1) is 38.0 Å². The molecule has 42 heavy (non-hydrogen) atoms. The van der Waals surface area contributed by atoms with Gasteiger partial charge in [-0.1, -0.05) is 104 Å². The molecule has 0 saturated carbocycles. The minimum Gasteiger partial charge on any atom is -0.550 e. The van der Waals surface area contributed by atoms with Gasteiger partial charge in [-0.15, -0.1) is 0 Å². The van der Waals surface area contributed by atoms with Gasteiger partial charge in [0.25, 0.3) is 0 Å². The van der Waals surface area contributed by atoms with Crippen molar-refractivity contribution in [3.63, 3.8) is 0 Å². The van der Waals surface area contributed by atoms with E-state index in [1.54, 1.807) is 20.8 Å². The number of nitrogens with zero attached hydrogens (tertiary/aromatic N) is 1. The molecule has 0 aromatic carbocycles. The maximum absolute atomic E-state index is 11.5. The molecule has 0 spiro atoms. The quantitative estimate of drug-likeness (QED) is 0.0501. The molecule has 0 radical (unpaired) electrons. The minimum absolute atomic E-state index is 0.445. The number of carboxylic acid groups (broad SMARTS) is 3. The molecule has 7 heteroatoms. The Kier molecular flexibility index (Phi) is 24.4. The maximum atomic E-state index is 11.5. The van der Waals surface area contributed by atoms with Crippen molar-refractivity contribution in [2.24, 2.45) is 17.8 Å². The Balaban J connectivity index is 4.52. The van der Waals surface area contributed by atoms with E-state index in [-0.39, 0.29) is 0 Å². The van der Waals surface area contributed by atoms with Crippen LogP contribution in [0.15, 0.2) is 12.2 Å². The number of aliphatic carboxylic acids is 3. The first-order valence-electron chi connectivity index (χ1n) is 17.2. The molecule has 0 aromatic rings. The Bertz CT molecular complexity index is 677. The number of carbonyl (C=O) groups is 3. The average molecular weight is 596 g/mol. The van der Waals surface area contributed by atoms with E-state index >= 15 is 0 Å². The number of unbranched alkanes of at least 4 members (excludes halogenated alkanes) is 14. The molecule has 0 aromatic heterocycles. The maximum Gasteiger partial charge on any atom is 0.306 e. The van der Waals surface area contributed by atoms with Crippen LogP contribution in [0, 0.1) is 17.8 Å². The van der Waals surface area contributed by atoms with E-state index in [0.717, 1.165) is 25.8 Å². The Morgan fingerprint density at radius 2 is 0.929 bits per heavy atom. The van der Waals surface area contributed by atoms with Crippen LogP contribution in [0.25, 0.3) is 0 Å². The lowest BCUT2D eigenvalue weighted by Gasteiger charge is -2.41. The molecule has 3 unspecified atom stereocenters. The first-order valence-corrected chi connectivity index (χ1v) is 17.2. The minimum atomic E-state index is -1.07. The van der Waals surface area contributed by atoms with Crippen molar-refractivity contribution in [3.05, 3.63) is 12.2 Å². The molecule has 0 aliphatic carbocycles. The first kappa shape index (κ1) is 40.1. The molecule has 7 nitrogen and oxygen atoms in total. The topological polar surface area (TPSA) is 115 Å². The van der Waals surface area contributed by atoms with E-state index in [2.05, 4.69) is 19.1 Å².